The molecule has 1 aromatic carbocycles. The summed E-state index contributed by atoms with van der Waals surface area (Å²) in [6.07, 6.45) is 3.76. The van der Waals surface area contributed by atoms with Crippen LogP contribution in [0.1, 0.15) is 29.6 Å². The lowest BCUT2D eigenvalue weighted by molar-refractivity contribution is 0.102. The second-order valence-corrected chi connectivity index (χ2v) is 5.81. The highest BCUT2D eigenvalue weighted by Crippen LogP contribution is 2.28. The van der Waals surface area contributed by atoms with Crippen molar-refractivity contribution in [2.24, 2.45) is 0 Å². The third kappa shape index (κ3) is 2.85. The zero-order valence-electron chi connectivity index (χ0n) is 11.3. The van der Waals surface area contributed by atoms with Gasteiger partial charge in [-0.15, -0.1) is 0 Å². The number of carbonyl (C=O) groups is 1. The predicted molar refractivity (Wildman–Crippen MR) is 84.8 cm³/mol. The minimum atomic E-state index is -0.0318. The first-order valence-electron chi connectivity index (χ1n) is 7.02. The van der Waals surface area contributed by atoms with Crippen LogP contribution in [-0.2, 0) is 0 Å². The van der Waals surface area contributed by atoms with Crippen LogP contribution in [-0.4, -0.2) is 19.0 Å². The molecule has 0 atom stereocenters. The van der Waals surface area contributed by atoms with Crippen LogP contribution in [0.3, 0.4) is 0 Å². The lowest BCUT2D eigenvalue weighted by atomic mass is 10.1. The molecule has 0 aliphatic carbocycles. The van der Waals surface area contributed by atoms with E-state index >= 15 is 0 Å². The highest BCUT2D eigenvalue weighted by molar-refractivity contribution is 7.08. The Bertz CT molecular complexity index is 574. The number of anilines is 2. The molecule has 1 aliphatic rings. The summed E-state index contributed by atoms with van der Waals surface area (Å²) in [6, 6.07) is 9.92. The Balaban J connectivity index is 1.80. The molecule has 2 heterocycles. The van der Waals surface area contributed by atoms with E-state index < -0.39 is 0 Å². The van der Waals surface area contributed by atoms with E-state index in [9.17, 15) is 4.79 Å². The fourth-order valence-electron chi connectivity index (χ4n) is 2.58. The van der Waals surface area contributed by atoms with E-state index in [4.69, 9.17) is 0 Å². The number of piperidine rings is 1. The SMILES string of the molecule is O=C(Nc1ccccc1N1CCCCC1)c1ccsc1. The quantitative estimate of drug-likeness (QED) is 0.925. The smallest absolute Gasteiger partial charge is 0.256 e. The Morgan fingerprint density at radius 3 is 2.65 bits per heavy atom. The molecule has 3 rings (SSSR count). The van der Waals surface area contributed by atoms with E-state index in [1.807, 2.05) is 35.0 Å². The molecular weight excluding hydrogens is 268 g/mol. The molecule has 4 heteroatoms. The summed E-state index contributed by atoms with van der Waals surface area (Å²) in [7, 11) is 0. The van der Waals surface area contributed by atoms with Crippen molar-refractivity contribution in [2.75, 3.05) is 23.3 Å². The van der Waals surface area contributed by atoms with Crippen molar-refractivity contribution in [1.82, 2.24) is 0 Å². The van der Waals surface area contributed by atoms with Crippen molar-refractivity contribution in [3.63, 3.8) is 0 Å². The van der Waals surface area contributed by atoms with Crippen LogP contribution in [0.25, 0.3) is 0 Å². The summed E-state index contributed by atoms with van der Waals surface area (Å²) in [4.78, 5) is 14.6. The zero-order chi connectivity index (χ0) is 13.8. The number of hydrogen-bond acceptors (Lipinski definition) is 3. The molecule has 0 bridgehead atoms. The minimum Gasteiger partial charge on any atom is -0.370 e. The summed E-state index contributed by atoms with van der Waals surface area (Å²) < 4.78 is 0. The minimum absolute atomic E-state index is 0.0318. The van der Waals surface area contributed by atoms with E-state index in [0.717, 1.165) is 30.0 Å². The molecule has 2 aromatic rings. The molecule has 20 heavy (non-hydrogen) atoms. The first-order chi connectivity index (χ1) is 9.84. The molecule has 1 aliphatic heterocycles. The van der Waals surface area contributed by atoms with Gasteiger partial charge in [0.15, 0.2) is 0 Å². The molecule has 0 spiro atoms. The molecule has 0 saturated carbocycles. The van der Waals surface area contributed by atoms with Gasteiger partial charge in [-0.25, -0.2) is 0 Å². The van der Waals surface area contributed by atoms with E-state index in [0.29, 0.717) is 0 Å². The lowest BCUT2D eigenvalue weighted by Gasteiger charge is -2.30. The topological polar surface area (TPSA) is 32.3 Å². The second-order valence-electron chi connectivity index (χ2n) is 5.03. The van der Waals surface area contributed by atoms with E-state index in [-0.39, 0.29) is 5.91 Å². The molecule has 1 N–H and O–H groups in total. The standard InChI is InChI=1S/C16H18N2OS/c19-16(13-8-11-20-12-13)17-14-6-2-3-7-15(14)18-9-4-1-5-10-18/h2-3,6-8,11-12H,1,4-5,9-10H2,(H,17,19). The number of thiophene rings is 1. The van der Waals surface area contributed by atoms with Crippen molar-refractivity contribution >= 4 is 28.6 Å². The third-order valence-corrected chi connectivity index (χ3v) is 4.32. The average Bonchev–Trinajstić information content (AvgIpc) is 3.03. The van der Waals surface area contributed by atoms with Crippen molar-refractivity contribution in [1.29, 1.82) is 0 Å². The fourth-order valence-corrected chi connectivity index (χ4v) is 3.21. The maximum absolute atomic E-state index is 12.2. The van der Waals surface area contributed by atoms with Gasteiger partial charge >= 0.3 is 0 Å². The number of nitrogens with zero attached hydrogens (tertiary/aromatic N) is 1. The van der Waals surface area contributed by atoms with Gasteiger partial charge in [0.2, 0.25) is 0 Å². The van der Waals surface area contributed by atoms with Gasteiger partial charge in [0.25, 0.3) is 5.91 Å². The molecule has 1 fully saturated rings. The number of carbonyl (C=O) groups excluding carboxylic acids is 1. The Morgan fingerprint density at radius 2 is 1.90 bits per heavy atom. The largest absolute Gasteiger partial charge is 0.370 e. The van der Waals surface area contributed by atoms with Crippen LogP contribution in [0, 0.1) is 0 Å². The molecular formula is C16H18N2OS. The summed E-state index contributed by atoms with van der Waals surface area (Å²) in [6.45, 7) is 2.15. The van der Waals surface area contributed by atoms with Gasteiger partial charge in [-0.1, -0.05) is 12.1 Å². The normalized spacial score (nSPS) is 15.1. The zero-order valence-corrected chi connectivity index (χ0v) is 12.2. The van der Waals surface area contributed by atoms with Crippen LogP contribution in [0.2, 0.25) is 0 Å². The summed E-state index contributed by atoms with van der Waals surface area (Å²) in [5, 5.41) is 6.83. The van der Waals surface area contributed by atoms with Gasteiger partial charge in [-0.2, -0.15) is 11.3 Å². The average molecular weight is 286 g/mol. The van der Waals surface area contributed by atoms with Crippen molar-refractivity contribution < 1.29 is 4.79 Å². The van der Waals surface area contributed by atoms with Crippen LogP contribution < -0.4 is 10.2 Å². The second kappa shape index (κ2) is 6.09. The Kier molecular flexibility index (Phi) is 4.02. The molecule has 1 amide bonds. The molecule has 104 valence electrons. The predicted octanol–water partition coefficient (Wildman–Crippen LogP) is 3.99. The van der Waals surface area contributed by atoms with Gasteiger partial charge in [0, 0.05) is 18.5 Å². The first-order valence-corrected chi connectivity index (χ1v) is 7.96. The molecule has 1 aromatic heterocycles. The number of benzene rings is 1. The van der Waals surface area contributed by atoms with E-state index in [1.165, 1.54) is 30.6 Å². The number of hydrogen-bond donors (Lipinski definition) is 1. The summed E-state index contributed by atoms with van der Waals surface area (Å²) >= 11 is 1.54. The van der Waals surface area contributed by atoms with Crippen molar-refractivity contribution in [3.8, 4) is 0 Å². The van der Waals surface area contributed by atoms with Gasteiger partial charge in [-0.05, 0) is 42.8 Å². The number of nitrogens with one attached hydrogen (secondary N) is 1. The highest BCUT2D eigenvalue weighted by atomic mass is 32.1. The van der Waals surface area contributed by atoms with E-state index in [2.05, 4.69) is 16.3 Å². The molecule has 0 unspecified atom stereocenters. The van der Waals surface area contributed by atoms with Gasteiger partial charge in [-0.3, -0.25) is 4.79 Å². The van der Waals surface area contributed by atoms with Crippen molar-refractivity contribution in [3.05, 3.63) is 46.7 Å². The van der Waals surface area contributed by atoms with Crippen LogP contribution in [0.15, 0.2) is 41.1 Å². The monoisotopic (exact) mass is 286 g/mol. The van der Waals surface area contributed by atoms with E-state index in [1.54, 1.807) is 0 Å². The molecule has 1 saturated heterocycles. The van der Waals surface area contributed by atoms with Gasteiger partial charge < -0.3 is 10.2 Å². The van der Waals surface area contributed by atoms with Gasteiger partial charge in [0.1, 0.15) is 0 Å². The van der Waals surface area contributed by atoms with Crippen LogP contribution in [0.5, 0.6) is 0 Å². The number of amides is 1. The van der Waals surface area contributed by atoms with Crippen molar-refractivity contribution in [2.45, 2.75) is 19.3 Å². The number of rotatable bonds is 3. The Morgan fingerprint density at radius 1 is 1.10 bits per heavy atom. The molecule has 0 radical (unpaired) electrons. The highest BCUT2D eigenvalue weighted by Gasteiger charge is 2.15. The molecule has 3 nitrogen and oxygen atoms in total. The number of para-hydroxylation sites is 2. The first kappa shape index (κ1) is 13.2. The van der Waals surface area contributed by atoms with Gasteiger partial charge in [0.05, 0.1) is 16.9 Å². The fraction of sp³-hybridized carbons (Fsp3) is 0.312. The Labute approximate surface area is 123 Å². The summed E-state index contributed by atoms with van der Waals surface area (Å²) in [5.74, 6) is -0.0318. The third-order valence-electron chi connectivity index (χ3n) is 3.63. The Hall–Kier alpha value is -1.81. The summed E-state index contributed by atoms with van der Waals surface area (Å²) in [5.41, 5.74) is 2.77. The lowest BCUT2D eigenvalue weighted by Crippen LogP contribution is -2.30. The maximum Gasteiger partial charge on any atom is 0.256 e. The maximum atomic E-state index is 12.2. The van der Waals surface area contributed by atoms with Crippen LogP contribution >= 0.6 is 11.3 Å². The van der Waals surface area contributed by atoms with Crippen LogP contribution in [0.4, 0.5) is 11.4 Å².